The van der Waals surface area contributed by atoms with E-state index in [1.54, 1.807) is 22.7 Å². The Kier molecular flexibility index (Phi) is 8.38. The van der Waals surface area contributed by atoms with Gasteiger partial charge < -0.3 is 19.6 Å². The van der Waals surface area contributed by atoms with Gasteiger partial charge in [0, 0.05) is 22.7 Å². The average molecular weight is 570 g/mol. The first-order valence-electron chi connectivity index (χ1n) is 12.8. The number of rotatable bonds is 10. The Balaban J connectivity index is 1.77. The Morgan fingerprint density at radius 2 is 2.03 bits per heavy atom. The number of ether oxygens (including phenoxy) is 1. The number of alkyl halides is 1. The molecule has 35 heavy (non-hydrogen) atoms. The normalized spacial score (nSPS) is 35.0. The first-order chi connectivity index (χ1) is 16.9. The maximum atomic E-state index is 14.5. The number of amides is 2. The van der Waals surface area contributed by atoms with Crippen LogP contribution in [0.3, 0.4) is 0 Å². The third kappa shape index (κ3) is 4.39. The van der Waals surface area contributed by atoms with E-state index in [0.717, 1.165) is 25.7 Å². The standard InChI is InChI=1S/C26H37BrN2O5S/c1-4-12-28(17-10-8-7-9-11-17)24(32)22-26-14-18(27)21(35-26)19(25(33)34-13-5-2)20(26)23(31)29(22)16(6-3)15-30/h4-5,16-22,30H,1-2,6-15H2,3H3/t16-,18?,19-,20-,21-,22?,26?/m0/s1. The number of esters is 1. The van der Waals surface area contributed by atoms with Crippen LogP contribution in [0.5, 0.6) is 0 Å². The first kappa shape index (κ1) is 26.7. The van der Waals surface area contributed by atoms with Crippen molar-refractivity contribution in [3.8, 4) is 0 Å². The van der Waals surface area contributed by atoms with E-state index in [1.165, 1.54) is 12.5 Å². The van der Waals surface area contributed by atoms with Gasteiger partial charge in [0.15, 0.2) is 0 Å². The molecule has 3 aliphatic heterocycles. The number of aliphatic hydroxyl groups excluding tert-OH is 1. The first-order valence-corrected chi connectivity index (χ1v) is 14.6. The van der Waals surface area contributed by atoms with Gasteiger partial charge in [0.1, 0.15) is 12.6 Å². The number of hydrogen-bond donors (Lipinski definition) is 1. The predicted octanol–water partition coefficient (Wildman–Crippen LogP) is 3.30. The van der Waals surface area contributed by atoms with Crippen LogP contribution in [-0.2, 0) is 19.1 Å². The molecule has 4 fully saturated rings. The molecule has 3 unspecified atom stereocenters. The molecule has 7 nitrogen and oxygen atoms in total. The van der Waals surface area contributed by atoms with E-state index in [2.05, 4.69) is 29.1 Å². The van der Waals surface area contributed by atoms with E-state index in [-0.39, 0.29) is 41.1 Å². The van der Waals surface area contributed by atoms with E-state index in [1.807, 2.05) is 11.8 Å². The van der Waals surface area contributed by atoms with E-state index in [0.29, 0.717) is 19.4 Å². The summed E-state index contributed by atoms with van der Waals surface area (Å²) in [6.45, 7) is 9.72. The Bertz CT molecular complexity index is 861. The van der Waals surface area contributed by atoms with Gasteiger partial charge in [-0.3, -0.25) is 14.4 Å². The van der Waals surface area contributed by atoms with Gasteiger partial charge in [-0.05, 0) is 25.7 Å². The van der Waals surface area contributed by atoms with Gasteiger partial charge in [0.25, 0.3) is 0 Å². The predicted molar refractivity (Wildman–Crippen MR) is 140 cm³/mol. The molecule has 1 aliphatic carbocycles. The minimum Gasteiger partial charge on any atom is -0.461 e. The number of carbonyl (C=O) groups is 3. The maximum absolute atomic E-state index is 14.5. The fourth-order valence-electron chi connectivity index (χ4n) is 6.77. The molecule has 2 amide bonds. The molecule has 1 N–H and O–H groups in total. The van der Waals surface area contributed by atoms with Crippen molar-refractivity contribution in [2.24, 2.45) is 11.8 Å². The largest absolute Gasteiger partial charge is 0.461 e. The molecule has 194 valence electrons. The summed E-state index contributed by atoms with van der Waals surface area (Å²) in [4.78, 5) is 45.2. The van der Waals surface area contributed by atoms with E-state index in [9.17, 15) is 19.5 Å². The van der Waals surface area contributed by atoms with Crippen LogP contribution in [0.1, 0.15) is 51.9 Å². The van der Waals surface area contributed by atoms with Gasteiger partial charge in [-0.15, -0.1) is 18.3 Å². The van der Waals surface area contributed by atoms with Crippen molar-refractivity contribution >= 4 is 45.5 Å². The molecule has 3 saturated heterocycles. The Hall–Kier alpha value is -1.32. The summed E-state index contributed by atoms with van der Waals surface area (Å²) in [5, 5.41) is 10.1. The summed E-state index contributed by atoms with van der Waals surface area (Å²) in [5.74, 6) is -1.97. The summed E-state index contributed by atoms with van der Waals surface area (Å²) in [6, 6.07) is -1.09. The lowest BCUT2D eigenvalue weighted by molar-refractivity contribution is -0.153. The molecule has 1 saturated carbocycles. The van der Waals surface area contributed by atoms with Crippen LogP contribution in [-0.4, -0.2) is 85.4 Å². The highest BCUT2D eigenvalue weighted by atomic mass is 79.9. The smallest absolute Gasteiger partial charge is 0.311 e. The molecule has 7 atom stereocenters. The van der Waals surface area contributed by atoms with Crippen LogP contribution in [0, 0.1) is 11.8 Å². The second-order valence-corrected chi connectivity index (χ2v) is 12.9. The number of nitrogens with zero attached hydrogens (tertiary/aromatic N) is 2. The van der Waals surface area contributed by atoms with Crippen molar-refractivity contribution in [2.75, 3.05) is 19.8 Å². The molecule has 1 spiro atoms. The van der Waals surface area contributed by atoms with Crippen molar-refractivity contribution in [1.29, 1.82) is 0 Å². The molecule has 9 heteroatoms. The highest BCUT2D eigenvalue weighted by Gasteiger charge is 2.76. The summed E-state index contributed by atoms with van der Waals surface area (Å²) >= 11 is 5.37. The molecular formula is C26H37BrN2O5S. The molecule has 2 bridgehead atoms. The van der Waals surface area contributed by atoms with Crippen molar-refractivity contribution < 1.29 is 24.2 Å². The van der Waals surface area contributed by atoms with Gasteiger partial charge >= 0.3 is 5.97 Å². The fourth-order valence-corrected chi connectivity index (χ4v) is 10.3. The molecule has 0 aromatic rings. The highest BCUT2D eigenvalue weighted by Crippen LogP contribution is 2.68. The number of thioether (sulfide) groups is 1. The van der Waals surface area contributed by atoms with Crippen molar-refractivity contribution in [3.05, 3.63) is 25.3 Å². The SMILES string of the molecule is C=CCOC(=O)[C@H]1[C@H]2C(=O)N([C@@H](CC)CO)C(C(=O)N(CC=C)C3CCCCC3)C23CC(Br)[C@@H]1S3. The van der Waals surface area contributed by atoms with Crippen LogP contribution in [0.25, 0.3) is 0 Å². The molecule has 0 radical (unpaired) electrons. The number of fused-ring (bicyclic) bond motifs is 1. The van der Waals surface area contributed by atoms with Gasteiger partial charge in [0.2, 0.25) is 11.8 Å². The highest BCUT2D eigenvalue weighted by molar-refractivity contribution is 9.09. The average Bonchev–Trinajstić information content (AvgIpc) is 3.46. The van der Waals surface area contributed by atoms with Crippen LogP contribution in [0.15, 0.2) is 25.3 Å². The lowest BCUT2D eigenvalue weighted by Gasteiger charge is -2.42. The van der Waals surface area contributed by atoms with Crippen molar-refractivity contribution in [2.45, 2.75) is 84.8 Å². The van der Waals surface area contributed by atoms with Gasteiger partial charge in [-0.2, -0.15) is 0 Å². The summed E-state index contributed by atoms with van der Waals surface area (Å²) in [6.07, 6.45) is 9.65. The molecule has 0 aromatic heterocycles. The molecule has 0 aromatic carbocycles. The zero-order chi connectivity index (χ0) is 25.3. The number of carbonyl (C=O) groups excluding carboxylic acids is 3. The second-order valence-electron chi connectivity index (χ2n) is 10.1. The third-order valence-electron chi connectivity index (χ3n) is 8.28. The van der Waals surface area contributed by atoms with Crippen molar-refractivity contribution in [3.63, 3.8) is 0 Å². The van der Waals surface area contributed by atoms with Gasteiger partial charge in [-0.25, -0.2) is 0 Å². The topological polar surface area (TPSA) is 87.1 Å². The summed E-state index contributed by atoms with van der Waals surface area (Å²) in [5.41, 5.74) is 0. The minimum absolute atomic E-state index is 0.00943. The summed E-state index contributed by atoms with van der Waals surface area (Å²) < 4.78 is 4.70. The Labute approximate surface area is 220 Å². The molecule has 4 aliphatic rings. The van der Waals surface area contributed by atoms with E-state index >= 15 is 0 Å². The molecular weight excluding hydrogens is 532 g/mol. The number of hydrogen-bond acceptors (Lipinski definition) is 6. The summed E-state index contributed by atoms with van der Waals surface area (Å²) in [7, 11) is 0. The fraction of sp³-hybridized carbons (Fsp3) is 0.731. The minimum atomic E-state index is -0.735. The number of likely N-dealkylation sites (tertiary alicyclic amines) is 1. The molecule has 4 rings (SSSR count). The van der Waals surface area contributed by atoms with Crippen molar-refractivity contribution in [1.82, 2.24) is 9.80 Å². The number of aliphatic hydroxyl groups is 1. The zero-order valence-corrected chi connectivity index (χ0v) is 22.8. The number of halogens is 1. The van der Waals surface area contributed by atoms with Crippen LogP contribution < -0.4 is 0 Å². The Morgan fingerprint density at radius 3 is 2.63 bits per heavy atom. The lowest BCUT2D eigenvalue weighted by Crippen LogP contribution is -2.59. The van der Waals surface area contributed by atoms with Crippen LogP contribution in [0.2, 0.25) is 0 Å². The van der Waals surface area contributed by atoms with Gasteiger partial charge in [-0.1, -0.05) is 60.8 Å². The monoisotopic (exact) mass is 568 g/mol. The Morgan fingerprint density at radius 1 is 1.31 bits per heavy atom. The van der Waals surface area contributed by atoms with E-state index in [4.69, 9.17) is 4.74 Å². The molecule has 3 heterocycles. The van der Waals surface area contributed by atoms with Gasteiger partial charge in [0.05, 0.1) is 29.2 Å². The second kappa shape index (κ2) is 11.0. The van der Waals surface area contributed by atoms with E-state index < -0.39 is 34.6 Å². The maximum Gasteiger partial charge on any atom is 0.311 e. The quantitative estimate of drug-likeness (QED) is 0.247. The third-order valence-corrected chi connectivity index (χ3v) is 11.5. The lowest BCUT2D eigenvalue weighted by atomic mass is 9.71. The van der Waals surface area contributed by atoms with Crippen LogP contribution >= 0.6 is 27.7 Å². The zero-order valence-electron chi connectivity index (χ0n) is 20.4. The van der Waals surface area contributed by atoms with Crippen LogP contribution in [0.4, 0.5) is 0 Å².